The number of nitrogens with one attached hydrogen (secondary N) is 1. The summed E-state index contributed by atoms with van der Waals surface area (Å²) in [6.07, 6.45) is 2.73. The minimum Gasteiger partial charge on any atom is -0.417 e. The highest BCUT2D eigenvalue weighted by atomic mass is 28.4. The van der Waals surface area contributed by atoms with Crippen LogP contribution in [0.2, 0.25) is 18.1 Å². The Morgan fingerprint density at radius 1 is 0.971 bits per heavy atom. The van der Waals surface area contributed by atoms with Crippen LogP contribution in [-0.2, 0) is 14.0 Å². The molecule has 1 unspecified atom stereocenters. The van der Waals surface area contributed by atoms with Gasteiger partial charge in [0.2, 0.25) is 0 Å². The number of carbonyl (C=O) groups is 2. The summed E-state index contributed by atoms with van der Waals surface area (Å²) >= 11 is 0. The van der Waals surface area contributed by atoms with Gasteiger partial charge >= 0.3 is 0 Å². The predicted octanol–water partition coefficient (Wildman–Crippen LogP) is 5.48. The Kier molecular flexibility index (Phi) is 5.72. The fraction of sp³-hybridized carbons (Fsp3) is 0.357. The summed E-state index contributed by atoms with van der Waals surface area (Å²) in [7, 11) is -1.84. The van der Waals surface area contributed by atoms with Crippen molar-refractivity contribution in [1.82, 2.24) is 9.88 Å². The van der Waals surface area contributed by atoms with E-state index in [9.17, 15) is 9.59 Å². The van der Waals surface area contributed by atoms with Crippen LogP contribution >= 0.6 is 0 Å². The number of amides is 2. The molecule has 7 heteroatoms. The van der Waals surface area contributed by atoms with Crippen molar-refractivity contribution >= 4 is 42.4 Å². The van der Waals surface area contributed by atoms with E-state index in [1.807, 2.05) is 64.2 Å². The molecule has 35 heavy (non-hydrogen) atoms. The third-order valence-corrected chi connectivity index (χ3v) is 12.3. The number of aromatic nitrogens is 1. The standard InChI is InChI=1S/C28H33N3O3Si/c1-28(2,3)35(4,5)34-17-15-20-18-31(23-13-9-7-11-21(20)23)25-24(26(32)29-27(25)33)30-16-14-19-10-6-8-12-22(19)30/h6-14,16,20H,15,17-18H2,1-5H3,(H,29,32,33). The second kappa shape index (κ2) is 8.50. The maximum atomic E-state index is 13.1. The minimum atomic E-state index is -1.84. The third kappa shape index (κ3) is 4.02. The van der Waals surface area contributed by atoms with Gasteiger partial charge in [-0.25, -0.2) is 0 Å². The van der Waals surface area contributed by atoms with Gasteiger partial charge in [-0.1, -0.05) is 57.2 Å². The van der Waals surface area contributed by atoms with Crippen molar-refractivity contribution in [3.8, 4) is 0 Å². The molecule has 2 aliphatic heterocycles. The van der Waals surface area contributed by atoms with Crippen LogP contribution in [0, 0.1) is 0 Å². The number of anilines is 1. The quantitative estimate of drug-likeness (QED) is 0.369. The molecule has 0 fully saturated rings. The number of imide groups is 1. The van der Waals surface area contributed by atoms with E-state index < -0.39 is 8.32 Å². The summed E-state index contributed by atoms with van der Waals surface area (Å²) < 4.78 is 8.30. The van der Waals surface area contributed by atoms with Crippen LogP contribution in [0.4, 0.5) is 5.69 Å². The van der Waals surface area contributed by atoms with Crippen molar-refractivity contribution in [1.29, 1.82) is 0 Å². The van der Waals surface area contributed by atoms with Crippen molar-refractivity contribution < 1.29 is 14.0 Å². The number of benzene rings is 2. The molecule has 0 spiro atoms. The molecular weight excluding hydrogens is 454 g/mol. The first-order chi connectivity index (χ1) is 16.6. The van der Waals surface area contributed by atoms with Gasteiger partial charge in [0.05, 0.1) is 5.52 Å². The topological polar surface area (TPSA) is 63.6 Å². The van der Waals surface area contributed by atoms with Crippen molar-refractivity contribution in [2.45, 2.75) is 51.2 Å². The Labute approximate surface area is 207 Å². The van der Waals surface area contributed by atoms with Crippen molar-refractivity contribution in [2.75, 3.05) is 18.1 Å². The van der Waals surface area contributed by atoms with E-state index >= 15 is 0 Å². The SMILES string of the molecule is CC(C)(C)[Si](C)(C)OCCC1CN(C2=C(n3ccc4ccccc43)C(=O)NC2=O)c2ccccc21. The van der Waals surface area contributed by atoms with Crippen molar-refractivity contribution in [3.63, 3.8) is 0 Å². The lowest BCUT2D eigenvalue weighted by Crippen LogP contribution is -2.41. The normalized spacial score (nSPS) is 18.5. The van der Waals surface area contributed by atoms with E-state index in [2.05, 4.69) is 45.2 Å². The van der Waals surface area contributed by atoms with E-state index in [1.54, 1.807) is 0 Å². The molecule has 1 aromatic heterocycles. The summed E-state index contributed by atoms with van der Waals surface area (Å²) in [6.45, 7) is 12.6. The van der Waals surface area contributed by atoms with Crippen LogP contribution in [0.5, 0.6) is 0 Å². The lowest BCUT2D eigenvalue weighted by atomic mass is 9.99. The van der Waals surface area contributed by atoms with Gasteiger partial charge in [0.1, 0.15) is 11.4 Å². The minimum absolute atomic E-state index is 0.161. The van der Waals surface area contributed by atoms with E-state index in [1.165, 1.54) is 5.56 Å². The maximum Gasteiger partial charge on any atom is 0.277 e. The Morgan fingerprint density at radius 3 is 2.43 bits per heavy atom. The molecule has 6 nitrogen and oxygen atoms in total. The number of hydrogen-bond donors (Lipinski definition) is 1. The van der Waals surface area contributed by atoms with Gasteiger partial charge in [0.15, 0.2) is 8.32 Å². The second-order valence-electron chi connectivity index (χ2n) is 11.0. The zero-order valence-corrected chi connectivity index (χ0v) is 22.1. The van der Waals surface area contributed by atoms with Crippen LogP contribution in [0.3, 0.4) is 0 Å². The van der Waals surface area contributed by atoms with Crippen LogP contribution in [0.15, 0.2) is 66.5 Å². The van der Waals surface area contributed by atoms with E-state index in [0.717, 1.165) is 23.0 Å². The summed E-state index contributed by atoms with van der Waals surface area (Å²) in [4.78, 5) is 28.2. The molecule has 182 valence electrons. The van der Waals surface area contributed by atoms with Crippen LogP contribution in [0.1, 0.15) is 38.7 Å². The number of carbonyl (C=O) groups excluding carboxylic acids is 2. The maximum absolute atomic E-state index is 13.1. The number of fused-ring (bicyclic) bond motifs is 2. The molecule has 1 atom stereocenters. The first-order valence-electron chi connectivity index (χ1n) is 12.3. The van der Waals surface area contributed by atoms with Gasteiger partial charge < -0.3 is 13.9 Å². The fourth-order valence-corrected chi connectivity index (χ4v) is 5.88. The Bertz CT molecular complexity index is 1350. The van der Waals surface area contributed by atoms with Gasteiger partial charge in [-0.15, -0.1) is 0 Å². The van der Waals surface area contributed by atoms with E-state index in [-0.39, 0.29) is 22.8 Å². The van der Waals surface area contributed by atoms with Gasteiger partial charge in [-0.05, 0) is 53.7 Å². The first kappa shape index (κ1) is 23.6. The zero-order chi connectivity index (χ0) is 25.0. The summed E-state index contributed by atoms with van der Waals surface area (Å²) in [5, 5.41) is 3.72. The number of hydrogen-bond acceptors (Lipinski definition) is 4. The highest BCUT2D eigenvalue weighted by Crippen LogP contribution is 2.43. The molecule has 1 N–H and O–H groups in total. The molecule has 0 saturated heterocycles. The molecule has 2 aromatic carbocycles. The highest BCUT2D eigenvalue weighted by molar-refractivity contribution is 6.74. The number of nitrogens with zero attached hydrogens (tertiary/aromatic N) is 2. The monoisotopic (exact) mass is 487 g/mol. The zero-order valence-electron chi connectivity index (χ0n) is 21.1. The number of rotatable bonds is 6. The molecule has 0 aliphatic carbocycles. The molecule has 0 saturated carbocycles. The lowest BCUT2D eigenvalue weighted by Gasteiger charge is -2.36. The van der Waals surface area contributed by atoms with Crippen LogP contribution in [0.25, 0.3) is 16.6 Å². The van der Waals surface area contributed by atoms with Gasteiger partial charge in [0, 0.05) is 31.0 Å². The molecule has 0 radical (unpaired) electrons. The van der Waals surface area contributed by atoms with E-state index in [4.69, 9.17) is 4.43 Å². The molecule has 2 amide bonds. The Balaban J connectivity index is 1.49. The average Bonchev–Trinajstić information content (AvgIpc) is 3.46. The smallest absolute Gasteiger partial charge is 0.277 e. The van der Waals surface area contributed by atoms with Gasteiger partial charge in [-0.3, -0.25) is 14.9 Å². The summed E-state index contributed by atoms with van der Waals surface area (Å²) in [6, 6.07) is 18.0. The van der Waals surface area contributed by atoms with Gasteiger partial charge in [0.25, 0.3) is 11.8 Å². The molecule has 0 bridgehead atoms. The number of para-hydroxylation sites is 2. The molecule has 3 aromatic rings. The molecular formula is C28H33N3O3Si. The van der Waals surface area contributed by atoms with Crippen molar-refractivity contribution in [3.05, 3.63) is 72.1 Å². The largest absolute Gasteiger partial charge is 0.417 e. The van der Waals surface area contributed by atoms with Gasteiger partial charge in [-0.2, -0.15) is 0 Å². The van der Waals surface area contributed by atoms with Crippen LogP contribution in [-0.4, -0.2) is 37.9 Å². The van der Waals surface area contributed by atoms with Crippen molar-refractivity contribution in [2.24, 2.45) is 0 Å². The molecule has 3 heterocycles. The Hall–Kier alpha value is -3.16. The predicted molar refractivity (Wildman–Crippen MR) is 143 cm³/mol. The Morgan fingerprint density at radius 2 is 1.66 bits per heavy atom. The highest BCUT2D eigenvalue weighted by Gasteiger charge is 2.41. The fourth-order valence-electron chi connectivity index (χ4n) is 4.82. The summed E-state index contributed by atoms with van der Waals surface area (Å²) in [5.41, 5.74) is 3.87. The molecule has 2 aliphatic rings. The lowest BCUT2D eigenvalue weighted by molar-refractivity contribution is -0.123. The second-order valence-corrected chi connectivity index (χ2v) is 15.8. The molecule has 5 rings (SSSR count). The summed E-state index contributed by atoms with van der Waals surface area (Å²) in [5.74, 6) is -0.501. The average molecular weight is 488 g/mol. The van der Waals surface area contributed by atoms with E-state index in [0.29, 0.717) is 24.5 Å². The first-order valence-corrected chi connectivity index (χ1v) is 15.2. The third-order valence-electron chi connectivity index (χ3n) is 7.80. The van der Waals surface area contributed by atoms with Crippen LogP contribution < -0.4 is 10.2 Å².